The van der Waals surface area contributed by atoms with Crippen molar-refractivity contribution in [3.63, 3.8) is 0 Å². The first-order valence-corrected chi connectivity index (χ1v) is 26.8. The number of hydrogen-bond donors (Lipinski definition) is 0. The smallest absolute Gasteiger partial charge is 0.343 e. The van der Waals surface area contributed by atoms with E-state index in [-0.39, 0.29) is 49.3 Å². The van der Waals surface area contributed by atoms with Crippen LogP contribution in [-0.2, 0) is 18.9 Å². The van der Waals surface area contributed by atoms with Gasteiger partial charge in [0.15, 0.2) is 5.78 Å². The molecule has 0 aliphatic rings. The molecule has 0 aromatic heterocycles. The second-order valence-electron chi connectivity index (χ2n) is 19.1. The number of unbranched alkanes of at least 4 members (excludes halogenated alkanes) is 6. The zero-order valence-electron chi connectivity index (χ0n) is 45.8. The minimum Gasteiger partial charge on any atom is -0.496 e. The van der Waals surface area contributed by atoms with Crippen LogP contribution < -0.4 is 18.9 Å². The highest BCUT2D eigenvalue weighted by Gasteiger charge is 2.20. The lowest BCUT2D eigenvalue weighted by Crippen LogP contribution is -2.15. The van der Waals surface area contributed by atoms with Crippen molar-refractivity contribution in [1.82, 2.24) is 0 Å². The maximum absolute atomic E-state index is 13.1. The highest BCUT2D eigenvalue weighted by Crippen LogP contribution is 2.32. The van der Waals surface area contributed by atoms with Crippen LogP contribution in [-0.4, -0.2) is 69.2 Å². The van der Waals surface area contributed by atoms with Gasteiger partial charge < -0.3 is 37.9 Å². The van der Waals surface area contributed by atoms with Crippen molar-refractivity contribution < 1.29 is 66.7 Å². The summed E-state index contributed by atoms with van der Waals surface area (Å²) in [5, 5.41) is 0. The van der Waals surface area contributed by atoms with E-state index in [0.717, 1.165) is 48.1 Å². The molecule has 0 radical (unpaired) electrons. The lowest BCUT2D eigenvalue weighted by molar-refractivity contribution is 0.0445. The van der Waals surface area contributed by atoms with Gasteiger partial charge in [-0.2, -0.15) is 0 Å². The van der Waals surface area contributed by atoms with Gasteiger partial charge in [0.2, 0.25) is 0 Å². The van der Waals surface area contributed by atoms with Crippen LogP contribution in [0.4, 0.5) is 0 Å². The van der Waals surface area contributed by atoms with Crippen LogP contribution in [0.1, 0.15) is 156 Å². The van der Waals surface area contributed by atoms with Gasteiger partial charge in [-0.25, -0.2) is 24.0 Å². The lowest BCUT2D eigenvalue weighted by Gasteiger charge is -2.16. The van der Waals surface area contributed by atoms with Gasteiger partial charge in [0.25, 0.3) is 0 Å². The van der Waals surface area contributed by atoms with Gasteiger partial charge >= 0.3 is 29.8 Å². The Morgan fingerprint density at radius 2 is 0.725 bits per heavy atom. The number of methoxy groups -OCH3 is 1. The van der Waals surface area contributed by atoms with Gasteiger partial charge in [-0.1, -0.05) is 43.3 Å². The van der Waals surface area contributed by atoms with Crippen LogP contribution in [0, 0.1) is 13.8 Å². The number of carbonyl (C=O) groups excluding carboxylic acids is 6. The normalized spacial score (nSPS) is 11.2. The third-order valence-electron chi connectivity index (χ3n) is 13.2. The molecule has 0 aliphatic carbocycles. The fraction of sp³-hybridized carbons (Fsp3) is 0.273. The van der Waals surface area contributed by atoms with Crippen LogP contribution in [0.2, 0.25) is 0 Å². The molecule has 0 amide bonds. The second-order valence-corrected chi connectivity index (χ2v) is 19.1. The molecule has 0 spiro atoms. The minimum atomic E-state index is -0.616. The molecule has 0 fully saturated rings. The molecule has 0 N–H and O–H groups in total. The van der Waals surface area contributed by atoms with E-state index in [1.165, 1.54) is 24.6 Å². The summed E-state index contributed by atoms with van der Waals surface area (Å²) in [6, 6.07) is 45.0. The number of aryl methyl sites for hydroxylation is 2. The Kier molecular flexibility index (Phi) is 21.7. The summed E-state index contributed by atoms with van der Waals surface area (Å²) in [6.45, 7) is 8.37. The zero-order valence-corrected chi connectivity index (χ0v) is 45.8. The number of ether oxygens (including phenoxy) is 8. The van der Waals surface area contributed by atoms with Gasteiger partial charge in [0.05, 0.1) is 61.4 Å². The van der Waals surface area contributed by atoms with Gasteiger partial charge in [0.1, 0.15) is 34.5 Å². The van der Waals surface area contributed by atoms with Crippen molar-refractivity contribution >= 4 is 35.6 Å². The van der Waals surface area contributed by atoms with Crippen molar-refractivity contribution in [2.45, 2.75) is 85.0 Å². The molecule has 14 nitrogen and oxygen atoms in total. The van der Waals surface area contributed by atoms with Crippen molar-refractivity contribution in [3.05, 3.63) is 213 Å². The van der Waals surface area contributed by atoms with Gasteiger partial charge in [-0.05, 0) is 216 Å². The van der Waals surface area contributed by atoms with Crippen molar-refractivity contribution in [2.75, 3.05) is 33.5 Å². The Hall–Kier alpha value is -9.04. The summed E-state index contributed by atoms with van der Waals surface area (Å²) in [4.78, 5) is 75.7. The molecule has 0 aliphatic heterocycles. The van der Waals surface area contributed by atoms with Crippen LogP contribution in [0.3, 0.4) is 0 Å². The molecule has 414 valence electrons. The summed E-state index contributed by atoms with van der Waals surface area (Å²) in [7, 11) is 1.66. The number of rotatable bonds is 28. The first-order valence-electron chi connectivity index (χ1n) is 26.8. The van der Waals surface area contributed by atoms with E-state index < -0.39 is 29.8 Å². The second kappa shape index (κ2) is 29.6. The molecule has 7 aromatic carbocycles. The molecule has 0 heterocycles. The maximum Gasteiger partial charge on any atom is 0.343 e. The zero-order chi connectivity index (χ0) is 56.8. The van der Waals surface area contributed by atoms with Gasteiger partial charge in [-0.15, -0.1) is 0 Å². The van der Waals surface area contributed by atoms with Crippen molar-refractivity contribution in [1.29, 1.82) is 0 Å². The van der Waals surface area contributed by atoms with E-state index in [1.54, 1.807) is 116 Å². The highest BCUT2D eigenvalue weighted by atomic mass is 16.6. The first-order chi connectivity index (χ1) is 38.8. The van der Waals surface area contributed by atoms with E-state index in [1.807, 2.05) is 38.1 Å². The standard InChI is InChI=1S/C66H66O14/c1-44-42-52(26-36-60(44)73-5)46(3)53-27-37-61(45(2)43-53)80-64(70)51-24-34-57(35-25-51)79-56-32-22-50(23-33-56)63(69)75-39-13-7-9-15-41-77-66(72)59-17-11-10-16-58(59)65(71)76-40-14-8-6-12-38-74-62(68)49-20-30-55(31-21-49)78-54-28-18-48(19-29-54)47(4)67/h10-11,16-37,42-43,46H,6-9,12-15,38-41H2,1-5H3. The summed E-state index contributed by atoms with van der Waals surface area (Å²) >= 11 is 0. The Morgan fingerprint density at radius 3 is 1.07 bits per heavy atom. The minimum absolute atomic E-state index is 0.0275. The molecule has 0 saturated heterocycles. The van der Waals surface area contributed by atoms with E-state index >= 15 is 0 Å². The fourth-order valence-electron chi connectivity index (χ4n) is 8.52. The van der Waals surface area contributed by atoms with E-state index in [4.69, 9.17) is 37.9 Å². The molecule has 0 saturated carbocycles. The molecule has 1 unspecified atom stereocenters. The third kappa shape index (κ3) is 17.2. The van der Waals surface area contributed by atoms with Crippen LogP contribution in [0.5, 0.6) is 34.5 Å². The van der Waals surface area contributed by atoms with Crippen LogP contribution in [0.25, 0.3) is 0 Å². The topological polar surface area (TPSA) is 176 Å². The molecular formula is C66H66O14. The largest absolute Gasteiger partial charge is 0.496 e. The quantitative estimate of drug-likeness (QED) is 0.0149. The Bertz CT molecular complexity index is 3220. The molecule has 14 heteroatoms. The number of Topliss-reactive ketones (excluding diaryl/α,β-unsaturated/α-hetero) is 1. The molecule has 80 heavy (non-hydrogen) atoms. The SMILES string of the molecule is COc1ccc(C(C)c2ccc(OC(=O)c3ccc(Oc4ccc(C(=O)OCCCCCCOC(=O)c5ccccc5C(=O)OCCCCCCOC(=O)c5ccc(Oc6ccc(C(C)=O)cc6)cc5)cc4)cc3)c(C)c2)cc1C. The molecule has 7 rings (SSSR count). The van der Waals surface area contributed by atoms with E-state index in [9.17, 15) is 28.8 Å². The summed E-state index contributed by atoms with van der Waals surface area (Å²) in [6.07, 6.45) is 5.42. The number of ketones is 1. The number of esters is 5. The molecule has 7 aromatic rings. The number of benzene rings is 7. The molecular weight excluding hydrogens is 1020 g/mol. The summed E-state index contributed by atoms with van der Waals surface area (Å²) < 4.78 is 44.8. The predicted molar refractivity (Wildman–Crippen MR) is 302 cm³/mol. The summed E-state index contributed by atoms with van der Waals surface area (Å²) in [5.41, 5.74) is 6.17. The Labute approximate surface area is 466 Å². The van der Waals surface area contributed by atoms with Crippen molar-refractivity contribution in [3.8, 4) is 34.5 Å². The third-order valence-corrected chi connectivity index (χ3v) is 13.2. The van der Waals surface area contributed by atoms with E-state index in [0.29, 0.717) is 76.7 Å². The molecule has 0 bridgehead atoms. The summed E-state index contributed by atoms with van der Waals surface area (Å²) in [5.74, 6) is 0.931. The van der Waals surface area contributed by atoms with Gasteiger partial charge in [-0.3, -0.25) is 4.79 Å². The van der Waals surface area contributed by atoms with Crippen molar-refractivity contribution in [2.24, 2.45) is 0 Å². The number of hydrogen-bond acceptors (Lipinski definition) is 14. The predicted octanol–water partition coefficient (Wildman–Crippen LogP) is 14.6. The molecule has 1 atom stereocenters. The lowest BCUT2D eigenvalue weighted by atomic mass is 9.91. The Morgan fingerprint density at radius 1 is 0.388 bits per heavy atom. The Balaban J connectivity index is 0.715. The van der Waals surface area contributed by atoms with Gasteiger partial charge in [0, 0.05) is 11.5 Å². The monoisotopic (exact) mass is 1080 g/mol. The van der Waals surface area contributed by atoms with E-state index in [2.05, 4.69) is 19.1 Å². The maximum atomic E-state index is 13.1. The average molecular weight is 1080 g/mol. The first kappa shape index (κ1) is 58.6. The highest BCUT2D eigenvalue weighted by molar-refractivity contribution is 6.03. The fourth-order valence-corrected chi connectivity index (χ4v) is 8.52. The number of carbonyl (C=O) groups is 6. The average Bonchev–Trinajstić information content (AvgIpc) is 3.47. The van der Waals surface area contributed by atoms with Crippen LogP contribution >= 0.6 is 0 Å². The van der Waals surface area contributed by atoms with Crippen LogP contribution in [0.15, 0.2) is 158 Å².